The molecule has 1 aromatic carbocycles. The molecule has 0 saturated heterocycles. The minimum atomic E-state index is -0.0682. The highest BCUT2D eigenvalue weighted by atomic mass is 32.1. The maximum Gasteiger partial charge on any atom is 0.271 e. The minimum Gasteiger partial charge on any atom is -0.311 e. The summed E-state index contributed by atoms with van der Waals surface area (Å²) < 4.78 is 3.78. The molecule has 4 nitrogen and oxygen atoms in total. The summed E-state index contributed by atoms with van der Waals surface area (Å²) >= 11 is 1.13. The molecule has 0 unspecified atom stereocenters. The molecule has 0 atom stereocenters. The van der Waals surface area contributed by atoms with Gasteiger partial charge in [-0.1, -0.05) is 22.2 Å². The van der Waals surface area contributed by atoms with Gasteiger partial charge in [0.1, 0.15) is 4.88 Å². The van der Waals surface area contributed by atoms with Gasteiger partial charge in [-0.25, -0.2) is 0 Å². The summed E-state index contributed by atoms with van der Waals surface area (Å²) in [4.78, 5) is 14.4. The molecule has 1 amide bonds. The Morgan fingerprint density at radius 2 is 1.88 bits per heavy atom. The number of carbonyl (C=O) groups is 1. The van der Waals surface area contributed by atoms with Crippen LogP contribution in [0.3, 0.4) is 0 Å². The zero-order valence-corrected chi connectivity index (χ0v) is 10.8. The first-order valence-corrected chi connectivity index (χ1v) is 6.00. The molecule has 2 rings (SSSR count). The summed E-state index contributed by atoms with van der Waals surface area (Å²) in [7, 11) is 1.76. The number of hydrogen-bond donors (Lipinski definition) is 0. The fourth-order valence-corrected chi connectivity index (χ4v) is 2.10. The molecule has 0 aliphatic heterocycles. The Morgan fingerprint density at radius 1 is 1.24 bits per heavy atom. The monoisotopic (exact) mass is 247 g/mol. The molecule has 0 aliphatic carbocycles. The van der Waals surface area contributed by atoms with Gasteiger partial charge in [0, 0.05) is 12.7 Å². The highest BCUT2D eigenvalue weighted by molar-refractivity contribution is 7.08. The SMILES string of the molecule is Cc1ccc(N(C)C(=O)c2snnc2C)cc1. The van der Waals surface area contributed by atoms with Crippen molar-refractivity contribution in [1.29, 1.82) is 0 Å². The van der Waals surface area contributed by atoms with E-state index in [9.17, 15) is 4.79 Å². The van der Waals surface area contributed by atoms with Gasteiger partial charge < -0.3 is 4.90 Å². The van der Waals surface area contributed by atoms with E-state index in [1.54, 1.807) is 18.9 Å². The number of benzene rings is 1. The van der Waals surface area contributed by atoms with Crippen molar-refractivity contribution in [2.45, 2.75) is 13.8 Å². The van der Waals surface area contributed by atoms with E-state index in [1.165, 1.54) is 5.56 Å². The van der Waals surface area contributed by atoms with Crippen molar-refractivity contribution in [2.24, 2.45) is 0 Å². The lowest BCUT2D eigenvalue weighted by molar-refractivity contribution is 0.0996. The first-order chi connectivity index (χ1) is 8.09. The fourth-order valence-electron chi connectivity index (χ4n) is 1.47. The molecular weight excluding hydrogens is 234 g/mol. The molecule has 17 heavy (non-hydrogen) atoms. The Labute approximate surface area is 104 Å². The van der Waals surface area contributed by atoms with E-state index in [2.05, 4.69) is 9.59 Å². The van der Waals surface area contributed by atoms with Gasteiger partial charge in [-0.3, -0.25) is 4.79 Å². The molecule has 2 aromatic rings. The van der Waals surface area contributed by atoms with Crippen LogP contribution in [0, 0.1) is 13.8 Å². The number of carbonyl (C=O) groups excluding carboxylic acids is 1. The predicted molar refractivity (Wildman–Crippen MR) is 68.6 cm³/mol. The molecule has 0 fully saturated rings. The van der Waals surface area contributed by atoms with Gasteiger partial charge in [0.2, 0.25) is 0 Å². The van der Waals surface area contributed by atoms with Crippen LogP contribution in [-0.2, 0) is 0 Å². The Bertz CT molecular complexity index is 533. The Hall–Kier alpha value is -1.75. The van der Waals surface area contributed by atoms with E-state index in [1.807, 2.05) is 31.2 Å². The van der Waals surface area contributed by atoms with Crippen LogP contribution >= 0.6 is 11.5 Å². The summed E-state index contributed by atoms with van der Waals surface area (Å²) in [6.07, 6.45) is 0. The number of amides is 1. The number of rotatable bonds is 2. The lowest BCUT2D eigenvalue weighted by Gasteiger charge is -2.16. The van der Waals surface area contributed by atoms with E-state index >= 15 is 0 Å². The third-order valence-electron chi connectivity index (χ3n) is 2.57. The number of nitrogens with zero attached hydrogens (tertiary/aromatic N) is 3. The van der Waals surface area contributed by atoms with Gasteiger partial charge in [-0.2, -0.15) is 0 Å². The smallest absolute Gasteiger partial charge is 0.271 e. The van der Waals surface area contributed by atoms with Crippen molar-refractivity contribution < 1.29 is 4.79 Å². The maximum absolute atomic E-state index is 12.2. The summed E-state index contributed by atoms with van der Waals surface area (Å²) in [5.41, 5.74) is 2.72. The molecule has 0 N–H and O–H groups in total. The minimum absolute atomic E-state index is 0.0682. The van der Waals surface area contributed by atoms with Crippen LogP contribution in [0.4, 0.5) is 5.69 Å². The van der Waals surface area contributed by atoms with Crippen molar-refractivity contribution in [3.8, 4) is 0 Å². The largest absolute Gasteiger partial charge is 0.311 e. The van der Waals surface area contributed by atoms with E-state index < -0.39 is 0 Å². The second-order valence-electron chi connectivity index (χ2n) is 3.89. The molecule has 5 heteroatoms. The van der Waals surface area contributed by atoms with Crippen molar-refractivity contribution in [3.63, 3.8) is 0 Å². The zero-order valence-electron chi connectivity index (χ0n) is 9.97. The lowest BCUT2D eigenvalue weighted by atomic mass is 10.2. The van der Waals surface area contributed by atoms with Crippen LogP contribution in [0.25, 0.3) is 0 Å². The van der Waals surface area contributed by atoms with Gasteiger partial charge in [0.05, 0.1) is 5.69 Å². The van der Waals surface area contributed by atoms with Crippen LogP contribution in [0.2, 0.25) is 0 Å². The normalized spacial score (nSPS) is 10.3. The standard InChI is InChI=1S/C12H13N3OS/c1-8-4-6-10(7-5-8)15(3)12(16)11-9(2)13-14-17-11/h4-7H,1-3H3. The van der Waals surface area contributed by atoms with Crippen molar-refractivity contribution in [1.82, 2.24) is 9.59 Å². The van der Waals surface area contributed by atoms with Crippen molar-refractivity contribution in [2.75, 3.05) is 11.9 Å². The van der Waals surface area contributed by atoms with Crippen LogP contribution in [0.15, 0.2) is 24.3 Å². The van der Waals surface area contributed by atoms with Crippen LogP contribution < -0.4 is 4.90 Å². The number of anilines is 1. The van der Waals surface area contributed by atoms with Gasteiger partial charge in [-0.15, -0.1) is 5.10 Å². The van der Waals surface area contributed by atoms with Crippen LogP contribution in [0.1, 0.15) is 20.9 Å². The topological polar surface area (TPSA) is 46.1 Å². The zero-order chi connectivity index (χ0) is 12.4. The van der Waals surface area contributed by atoms with Gasteiger partial charge in [-0.05, 0) is 37.5 Å². The predicted octanol–water partition coefficient (Wildman–Crippen LogP) is 2.43. The first kappa shape index (κ1) is 11.7. The molecule has 1 aromatic heterocycles. The molecule has 0 saturated carbocycles. The Balaban J connectivity index is 2.26. The van der Waals surface area contributed by atoms with E-state index in [4.69, 9.17) is 0 Å². The second-order valence-corrected chi connectivity index (χ2v) is 4.64. The number of hydrogen-bond acceptors (Lipinski definition) is 4. The van der Waals surface area contributed by atoms with Gasteiger partial charge in [0.25, 0.3) is 5.91 Å². The lowest BCUT2D eigenvalue weighted by Crippen LogP contribution is -2.25. The summed E-state index contributed by atoms with van der Waals surface area (Å²) in [5.74, 6) is -0.0682. The maximum atomic E-state index is 12.2. The van der Waals surface area contributed by atoms with E-state index in [0.29, 0.717) is 10.6 Å². The highest BCUT2D eigenvalue weighted by Gasteiger charge is 2.18. The van der Waals surface area contributed by atoms with Crippen LogP contribution in [0.5, 0.6) is 0 Å². The quantitative estimate of drug-likeness (QED) is 0.818. The average molecular weight is 247 g/mol. The first-order valence-electron chi connectivity index (χ1n) is 5.23. The van der Waals surface area contributed by atoms with Crippen molar-refractivity contribution in [3.05, 3.63) is 40.4 Å². The van der Waals surface area contributed by atoms with Gasteiger partial charge in [0.15, 0.2) is 0 Å². The molecule has 0 bridgehead atoms. The highest BCUT2D eigenvalue weighted by Crippen LogP contribution is 2.18. The van der Waals surface area contributed by atoms with E-state index in [-0.39, 0.29) is 5.91 Å². The number of aryl methyl sites for hydroxylation is 2. The molecule has 1 heterocycles. The summed E-state index contributed by atoms with van der Waals surface area (Å²) in [6.45, 7) is 3.81. The molecule has 88 valence electrons. The van der Waals surface area contributed by atoms with E-state index in [0.717, 1.165) is 17.2 Å². The molecular formula is C12H13N3OS. The third kappa shape index (κ3) is 2.34. The van der Waals surface area contributed by atoms with Crippen LogP contribution in [-0.4, -0.2) is 22.5 Å². The fraction of sp³-hybridized carbons (Fsp3) is 0.250. The summed E-state index contributed by atoms with van der Waals surface area (Å²) in [5, 5.41) is 3.85. The number of aromatic nitrogens is 2. The molecule has 0 spiro atoms. The Kier molecular flexibility index (Phi) is 3.19. The van der Waals surface area contributed by atoms with Gasteiger partial charge >= 0.3 is 0 Å². The summed E-state index contributed by atoms with van der Waals surface area (Å²) in [6, 6.07) is 7.82. The van der Waals surface area contributed by atoms with Crippen molar-refractivity contribution >= 4 is 23.1 Å². The molecule has 0 radical (unpaired) electrons. The third-order valence-corrected chi connectivity index (χ3v) is 3.39. The average Bonchev–Trinajstić information content (AvgIpc) is 2.74. The Morgan fingerprint density at radius 3 is 2.41 bits per heavy atom. The second kappa shape index (κ2) is 4.63. The molecule has 0 aliphatic rings.